The summed E-state index contributed by atoms with van der Waals surface area (Å²) in [6, 6.07) is 77.0. The first-order valence-electron chi connectivity index (χ1n) is 22.6. The minimum Gasteiger partial charge on any atom is -0.311 e. The Morgan fingerprint density at radius 2 is 0.891 bits per heavy atom. The minimum absolute atomic E-state index is 0.0120. The maximum atomic E-state index is 2.61. The number of para-hydroxylation sites is 3. The van der Waals surface area contributed by atoms with Gasteiger partial charge in [0.05, 0.1) is 5.69 Å². The Hall–Kier alpha value is -7.56. The second-order valence-corrected chi connectivity index (χ2v) is 18.9. The van der Waals surface area contributed by atoms with E-state index in [1.54, 1.807) is 0 Å². The molecule has 0 saturated heterocycles. The minimum atomic E-state index is -0.223. The van der Waals surface area contributed by atoms with Crippen LogP contribution >= 0.6 is 0 Å². The van der Waals surface area contributed by atoms with Crippen LogP contribution in [0.5, 0.6) is 0 Å². The highest BCUT2D eigenvalue weighted by Gasteiger charge is 2.46. The van der Waals surface area contributed by atoms with Crippen LogP contribution in [0.2, 0.25) is 0 Å². The SMILES string of the molecule is CC1(C)c2ccccc2-c2ccc(N3c4ccccc4B4c5ccc(N(c6ccccc6)c6ccccc6)cc5N(c5cccc6c5C(C)(C)c5ccccc5-6)c5cccc3c54)cc21. The maximum absolute atomic E-state index is 2.61. The van der Waals surface area contributed by atoms with E-state index in [0.29, 0.717) is 0 Å². The van der Waals surface area contributed by atoms with Crippen molar-refractivity contribution in [2.75, 3.05) is 14.7 Å². The van der Waals surface area contributed by atoms with Gasteiger partial charge in [0.2, 0.25) is 0 Å². The fourth-order valence-electron chi connectivity index (χ4n) is 12.0. The standard InChI is InChI=1S/C60H46BN3/c1-59(2)47-26-13-11-23-43(47)45-35-33-41(37-49(45)59)63-52-29-16-15-28-50(52)61-51-36-34-42(62(39-19-7-5-8-20-39)40-21-9-6-10-22-40)38-56(51)64(55-32-18-31-54(63)58(55)61)53-30-17-25-46-44-24-12-14-27-48(44)60(3,4)57(46)53/h5-38H,1-4H3. The molecule has 2 aliphatic carbocycles. The van der Waals surface area contributed by atoms with Crippen LogP contribution in [0.25, 0.3) is 22.3 Å². The Bertz CT molecular complexity index is 3330. The predicted octanol–water partition coefficient (Wildman–Crippen LogP) is 13.9. The fourth-order valence-corrected chi connectivity index (χ4v) is 12.0. The number of rotatable bonds is 5. The first-order chi connectivity index (χ1) is 31.3. The van der Waals surface area contributed by atoms with Crippen molar-refractivity contribution < 1.29 is 0 Å². The number of benzene rings is 9. The van der Waals surface area contributed by atoms with E-state index < -0.39 is 0 Å². The van der Waals surface area contributed by atoms with Crippen LogP contribution in [0.4, 0.5) is 51.2 Å². The molecule has 0 bridgehead atoms. The van der Waals surface area contributed by atoms with E-state index in [9.17, 15) is 0 Å². The van der Waals surface area contributed by atoms with Crippen molar-refractivity contribution in [3.8, 4) is 22.3 Å². The van der Waals surface area contributed by atoms with Gasteiger partial charge in [-0.1, -0.05) is 161 Å². The summed E-state index contributed by atoms with van der Waals surface area (Å²) in [6.45, 7) is 9.58. The van der Waals surface area contributed by atoms with Crippen molar-refractivity contribution in [2.45, 2.75) is 38.5 Å². The van der Waals surface area contributed by atoms with Crippen LogP contribution in [0, 0.1) is 0 Å². The molecule has 0 radical (unpaired) electrons. The molecule has 9 aromatic rings. The van der Waals surface area contributed by atoms with Crippen molar-refractivity contribution in [1.82, 2.24) is 0 Å². The summed E-state index contributed by atoms with van der Waals surface area (Å²) in [6.07, 6.45) is 0. The third-order valence-electron chi connectivity index (χ3n) is 14.8. The molecule has 4 aliphatic rings. The first-order valence-corrected chi connectivity index (χ1v) is 22.6. The lowest BCUT2D eigenvalue weighted by molar-refractivity contribution is 0.660. The Morgan fingerprint density at radius 1 is 0.359 bits per heavy atom. The average molecular weight is 820 g/mol. The van der Waals surface area contributed by atoms with Gasteiger partial charge in [0.15, 0.2) is 0 Å². The Labute approximate surface area is 376 Å². The lowest BCUT2D eigenvalue weighted by atomic mass is 9.33. The van der Waals surface area contributed by atoms with Crippen molar-refractivity contribution in [3.63, 3.8) is 0 Å². The Balaban J connectivity index is 1.08. The Kier molecular flexibility index (Phi) is 7.80. The molecule has 9 aromatic carbocycles. The molecule has 0 aromatic heterocycles. The molecule has 0 unspecified atom stereocenters. The summed E-state index contributed by atoms with van der Waals surface area (Å²) in [5, 5.41) is 0. The smallest absolute Gasteiger partial charge is 0.252 e. The number of hydrogen-bond acceptors (Lipinski definition) is 3. The van der Waals surface area contributed by atoms with Gasteiger partial charge in [0.25, 0.3) is 6.71 Å². The molecule has 0 spiro atoms. The van der Waals surface area contributed by atoms with Gasteiger partial charge < -0.3 is 14.7 Å². The summed E-state index contributed by atoms with van der Waals surface area (Å²) in [7, 11) is 0. The summed E-state index contributed by atoms with van der Waals surface area (Å²) in [5.74, 6) is 0. The van der Waals surface area contributed by atoms with E-state index in [4.69, 9.17) is 0 Å². The molecule has 2 heterocycles. The van der Waals surface area contributed by atoms with Crippen LogP contribution in [0.3, 0.4) is 0 Å². The molecule has 64 heavy (non-hydrogen) atoms. The number of hydrogen-bond donors (Lipinski definition) is 0. The van der Waals surface area contributed by atoms with Gasteiger partial charge in [-0.2, -0.15) is 0 Å². The third-order valence-corrected chi connectivity index (χ3v) is 14.8. The van der Waals surface area contributed by atoms with E-state index in [0.717, 1.165) is 17.1 Å². The molecule has 304 valence electrons. The van der Waals surface area contributed by atoms with Gasteiger partial charge in [0, 0.05) is 56.3 Å². The highest BCUT2D eigenvalue weighted by atomic mass is 15.2. The molecule has 4 heteroatoms. The lowest BCUT2D eigenvalue weighted by Crippen LogP contribution is -2.61. The Morgan fingerprint density at radius 3 is 1.62 bits per heavy atom. The van der Waals surface area contributed by atoms with Crippen molar-refractivity contribution in [3.05, 3.63) is 229 Å². The van der Waals surface area contributed by atoms with E-state index in [1.807, 2.05) is 0 Å². The summed E-state index contributed by atoms with van der Waals surface area (Å²) >= 11 is 0. The van der Waals surface area contributed by atoms with Gasteiger partial charge in [-0.25, -0.2) is 0 Å². The number of fused-ring (bicyclic) bond motifs is 10. The largest absolute Gasteiger partial charge is 0.311 e. The van der Waals surface area contributed by atoms with E-state index >= 15 is 0 Å². The van der Waals surface area contributed by atoms with Crippen molar-refractivity contribution in [1.29, 1.82) is 0 Å². The van der Waals surface area contributed by atoms with Gasteiger partial charge in [0.1, 0.15) is 0 Å². The zero-order valence-electron chi connectivity index (χ0n) is 36.5. The van der Waals surface area contributed by atoms with Crippen LogP contribution in [0.15, 0.2) is 206 Å². The molecular weight excluding hydrogens is 773 g/mol. The molecule has 0 atom stereocenters. The van der Waals surface area contributed by atoms with E-state index in [2.05, 4.69) is 249 Å². The van der Waals surface area contributed by atoms with E-state index in [1.165, 1.54) is 95.0 Å². The second kappa shape index (κ2) is 13.5. The van der Waals surface area contributed by atoms with Gasteiger partial charge >= 0.3 is 0 Å². The lowest BCUT2D eigenvalue weighted by Gasteiger charge is -2.45. The monoisotopic (exact) mass is 819 g/mol. The topological polar surface area (TPSA) is 9.72 Å². The maximum Gasteiger partial charge on any atom is 0.252 e. The van der Waals surface area contributed by atoms with Gasteiger partial charge in [-0.3, -0.25) is 0 Å². The normalized spacial score (nSPS) is 15.0. The number of nitrogens with zero attached hydrogens (tertiary/aromatic N) is 3. The quantitative estimate of drug-likeness (QED) is 0.160. The van der Waals surface area contributed by atoms with Crippen molar-refractivity contribution in [2.24, 2.45) is 0 Å². The van der Waals surface area contributed by atoms with Gasteiger partial charge in [-0.05, 0) is 134 Å². The van der Waals surface area contributed by atoms with E-state index in [-0.39, 0.29) is 17.5 Å². The molecule has 2 aliphatic heterocycles. The molecular formula is C60H46BN3. The molecule has 3 nitrogen and oxygen atoms in total. The molecule has 13 rings (SSSR count). The number of anilines is 9. The molecule has 0 N–H and O–H groups in total. The first kappa shape index (κ1) is 37.0. The summed E-state index contributed by atoms with van der Waals surface area (Å²) in [4.78, 5) is 7.55. The zero-order chi connectivity index (χ0) is 42.9. The summed E-state index contributed by atoms with van der Waals surface area (Å²) < 4.78 is 0. The average Bonchev–Trinajstić information content (AvgIpc) is 3.71. The predicted molar refractivity (Wildman–Crippen MR) is 270 cm³/mol. The summed E-state index contributed by atoms with van der Waals surface area (Å²) in [5.41, 5.74) is 25.0. The third kappa shape index (κ3) is 5.05. The molecule has 0 fully saturated rings. The van der Waals surface area contributed by atoms with Crippen LogP contribution in [-0.4, -0.2) is 6.71 Å². The van der Waals surface area contributed by atoms with Crippen molar-refractivity contribution >= 4 is 74.3 Å². The molecule has 0 saturated carbocycles. The van der Waals surface area contributed by atoms with Gasteiger partial charge in [-0.15, -0.1) is 0 Å². The zero-order valence-corrected chi connectivity index (χ0v) is 36.5. The van der Waals surface area contributed by atoms with Crippen LogP contribution in [0.1, 0.15) is 49.9 Å². The molecule has 0 amide bonds. The van der Waals surface area contributed by atoms with Crippen LogP contribution in [-0.2, 0) is 10.8 Å². The van der Waals surface area contributed by atoms with Crippen LogP contribution < -0.4 is 31.1 Å². The highest BCUT2D eigenvalue weighted by molar-refractivity contribution is 7.00. The highest BCUT2D eigenvalue weighted by Crippen LogP contribution is 2.56. The second-order valence-electron chi connectivity index (χ2n) is 18.9. The fraction of sp³-hybridized carbons (Fsp3) is 0.100.